The summed E-state index contributed by atoms with van der Waals surface area (Å²) in [6.45, 7) is 18.6. The molecular weight excluding hydrogens is 181 g/mol. The van der Waals surface area contributed by atoms with Crippen LogP contribution in [-0.2, 0) is 0 Å². The van der Waals surface area contributed by atoms with Crippen molar-refractivity contribution in [1.29, 1.82) is 0 Å². The highest BCUT2D eigenvalue weighted by Crippen LogP contribution is 2.23. The Balaban J connectivity index is 0. The fourth-order valence-corrected chi connectivity index (χ4v) is 2.74. The zero-order chi connectivity index (χ0) is 11.5. The highest BCUT2D eigenvalue weighted by Gasteiger charge is 2.28. The van der Waals surface area contributed by atoms with E-state index in [0.717, 1.165) is 11.8 Å². The van der Waals surface area contributed by atoms with E-state index < -0.39 is 0 Å². The molecule has 2 heteroatoms. The van der Waals surface area contributed by atoms with Gasteiger partial charge < -0.3 is 0 Å². The third-order valence-corrected chi connectivity index (χ3v) is 2.90. The van der Waals surface area contributed by atoms with E-state index in [0.29, 0.717) is 18.1 Å². The zero-order valence-electron chi connectivity index (χ0n) is 11.3. The van der Waals surface area contributed by atoms with Gasteiger partial charge in [-0.25, -0.2) is 0 Å². The highest BCUT2D eigenvalue weighted by atomic mass is 15.2. The number of hydrogen-bond acceptors (Lipinski definition) is 1. The molecule has 15 heavy (non-hydrogen) atoms. The Kier molecular flexibility index (Phi) is 8.51. The first-order valence-corrected chi connectivity index (χ1v) is 6.06. The van der Waals surface area contributed by atoms with Crippen molar-refractivity contribution in [1.82, 2.24) is 4.90 Å². The van der Waals surface area contributed by atoms with Crippen LogP contribution in [0.3, 0.4) is 0 Å². The number of rotatable bonds is 5. The summed E-state index contributed by atoms with van der Waals surface area (Å²) >= 11 is 0. The van der Waals surface area contributed by atoms with Crippen molar-refractivity contribution in [3.63, 3.8) is 0 Å². The van der Waals surface area contributed by atoms with Crippen LogP contribution in [0.4, 0.5) is 0 Å². The lowest BCUT2D eigenvalue weighted by atomic mass is 9.89. The molecule has 1 nitrogen and oxygen atoms in total. The summed E-state index contributed by atoms with van der Waals surface area (Å²) in [6, 6.07) is 1.99. The highest BCUT2D eigenvalue weighted by molar-refractivity contribution is 5.75. The molecule has 0 unspecified atom stereocenters. The predicted molar refractivity (Wildman–Crippen MR) is 75.5 cm³/mol. The first kappa shape index (κ1) is 17.4. The van der Waals surface area contributed by atoms with E-state index in [-0.39, 0.29) is 8.41 Å². The fourth-order valence-electron chi connectivity index (χ4n) is 2.74. The van der Waals surface area contributed by atoms with Gasteiger partial charge >= 0.3 is 0 Å². The summed E-state index contributed by atoms with van der Waals surface area (Å²) in [5.41, 5.74) is 0. The lowest BCUT2D eigenvalue weighted by Gasteiger charge is -2.42. The Morgan fingerprint density at radius 3 is 0.933 bits per heavy atom. The lowest BCUT2D eigenvalue weighted by Crippen LogP contribution is -2.50. The SMILES string of the molecule is B.CC(C)C(C(C)C)N(C(C)C)C(C)C. The van der Waals surface area contributed by atoms with Gasteiger partial charge in [-0.15, -0.1) is 0 Å². The molecule has 0 fully saturated rings. The van der Waals surface area contributed by atoms with Gasteiger partial charge in [-0.3, -0.25) is 4.90 Å². The van der Waals surface area contributed by atoms with E-state index in [1.54, 1.807) is 0 Å². The molecule has 0 saturated heterocycles. The second-order valence-corrected chi connectivity index (χ2v) is 5.61. The Hall–Kier alpha value is 0.0249. The third-order valence-electron chi connectivity index (χ3n) is 2.90. The van der Waals surface area contributed by atoms with E-state index in [2.05, 4.69) is 60.3 Å². The predicted octanol–water partition coefficient (Wildman–Crippen LogP) is 2.60. The van der Waals surface area contributed by atoms with Crippen molar-refractivity contribution in [3.8, 4) is 0 Å². The second kappa shape index (κ2) is 7.32. The normalized spacial score (nSPS) is 12.4. The Labute approximate surface area is 99.2 Å². The van der Waals surface area contributed by atoms with Crippen molar-refractivity contribution in [2.45, 2.75) is 73.5 Å². The van der Waals surface area contributed by atoms with Crippen LogP contribution in [0.1, 0.15) is 55.4 Å². The maximum absolute atomic E-state index is 2.65. The molecular formula is C13H32BN. The molecule has 0 aromatic rings. The second-order valence-electron chi connectivity index (χ2n) is 5.61. The molecule has 0 atom stereocenters. The van der Waals surface area contributed by atoms with Crippen molar-refractivity contribution in [2.75, 3.05) is 0 Å². The molecule has 0 spiro atoms. The van der Waals surface area contributed by atoms with Gasteiger partial charge in [-0.2, -0.15) is 0 Å². The van der Waals surface area contributed by atoms with E-state index >= 15 is 0 Å². The summed E-state index contributed by atoms with van der Waals surface area (Å²) in [5, 5.41) is 0. The van der Waals surface area contributed by atoms with E-state index in [9.17, 15) is 0 Å². The lowest BCUT2D eigenvalue weighted by molar-refractivity contribution is 0.0532. The summed E-state index contributed by atoms with van der Waals surface area (Å²) < 4.78 is 0. The van der Waals surface area contributed by atoms with Gasteiger partial charge in [-0.05, 0) is 39.5 Å². The van der Waals surface area contributed by atoms with Crippen LogP contribution in [-0.4, -0.2) is 31.4 Å². The molecule has 0 bridgehead atoms. The average Bonchev–Trinajstić information content (AvgIpc) is 1.96. The molecule has 0 N–H and O–H groups in total. The van der Waals surface area contributed by atoms with Crippen LogP contribution in [0.15, 0.2) is 0 Å². The Bertz CT molecular complexity index is 119. The van der Waals surface area contributed by atoms with Crippen molar-refractivity contribution in [3.05, 3.63) is 0 Å². The fraction of sp³-hybridized carbons (Fsp3) is 1.00. The summed E-state index contributed by atoms with van der Waals surface area (Å²) in [7, 11) is 0. The van der Waals surface area contributed by atoms with Gasteiger partial charge in [0.2, 0.25) is 0 Å². The largest absolute Gasteiger partial charge is 0.295 e. The van der Waals surface area contributed by atoms with Crippen LogP contribution in [0, 0.1) is 11.8 Å². The minimum absolute atomic E-state index is 0. The first-order chi connectivity index (χ1) is 6.29. The van der Waals surface area contributed by atoms with Gasteiger partial charge in [-0.1, -0.05) is 27.7 Å². The molecule has 0 aliphatic carbocycles. The van der Waals surface area contributed by atoms with E-state index in [1.165, 1.54) is 0 Å². The zero-order valence-corrected chi connectivity index (χ0v) is 11.3. The van der Waals surface area contributed by atoms with Gasteiger partial charge in [0.25, 0.3) is 0 Å². The van der Waals surface area contributed by atoms with Gasteiger partial charge in [0, 0.05) is 18.1 Å². The van der Waals surface area contributed by atoms with Crippen molar-refractivity contribution in [2.24, 2.45) is 11.8 Å². The molecule has 0 saturated carbocycles. The van der Waals surface area contributed by atoms with Crippen LogP contribution in [0.25, 0.3) is 0 Å². The van der Waals surface area contributed by atoms with Crippen LogP contribution in [0.2, 0.25) is 0 Å². The first-order valence-electron chi connectivity index (χ1n) is 6.06. The van der Waals surface area contributed by atoms with Crippen LogP contribution >= 0.6 is 0 Å². The maximum atomic E-state index is 2.65. The third kappa shape index (κ3) is 5.06. The minimum atomic E-state index is 0. The van der Waals surface area contributed by atoms with Gasteiger partial charge in [0.05, 0.1) is 8.41 Å². The standard InChI is InChI=1S/C13H29N.BH3/c1-9(2)13(10(3)4)14(11(5)6)12(7)8;/h9-13H,1-8H3;1H3. The molecule has 0 aliphatic heterocycles. The minimum Gasteiger partial charge on any atom is -0.295 e. The van der Waals surface area contributed by atoms with Crippen LogP contribution in [0.5, 0.6) is 0 Å². The summed E-state index contributed by atoms with van der Waals surface area (Å²) in [5.74, 6) is 1.47. The smallest absolute Gasteiger partial charge is 0.0814 e. The number of nitrogens with zero attached hydrogens (tertiary/aromatic N) is 1. The van der Waals surface area contributed by atoms with E-state index in [1.807, 2.05) is 0 Å². The monoisotopic (exact) mass is 213 g/mol. The molecule has 0 rings (SSSR count). The molecule has 92 valence electrons. The van der Waals surface area contributed by atoms with Crippen molar-refractivity contribution < 1.29 is 0 Å². The Morgan fingerprint density at radius 1 is 0.600 bits per heavy atom. The van der Waals surface area contributed by atoms with Crippen molar-refractivity contribution >= 4 is 8.41 Å². The number of hydrogen-bond donors (Lipinski definition) is 0. The maximum Gasteiger partial charge on any atom is 0.0814 e. The summed E-state index contributed by atoms with van der Waals surface area (Å²) in [6.07, 6.45) is 0. The molecule has 0 aromatic heterocycles. The summed E-state index contributed by atoms with van der Waals surface area (Å²) in [4.78, 5) is 2.65. The topological polar surface area (TPSA) is 3.24 Å². The molecule has 0 heterocycles. The average molecular weight is 213 g/mol. The van der Waals surface area contributed by atoms with Crippen LogP contribution < -0.4 is 0 Å². The Morgan fingerprint density at radius 2 is 0.867 bits per heavy atom. The molecule has 0 radical (unpaired) electrons. The van der Waals surface area contributed by atoms with Gasteiger partial charge in [0.15, 0.2) is 0 Å². The van der Waals surface area contributed by atoms with Gasteiger partial charge in [0.1, 0.15) is 0 Å². The van der Waals surface area contributed by atoms with E-state index in [4.69, 9.17) is 0 Å². The molecule has 0 amide bonds. The molecule has 0 aliphatic rings. The molecule has 0 aromatic carbocycles. The quantitative estimate of drug-likeness (QED) is 0.634.